The van der Waals surface area contributed by atoms with E-state index >= 15 is 0 Å². The van der Waals surface area contributed by atoms with Crippen LogP contribution in [0.5, 0.6) is 5.75 Å². The summed E-state index contributed by atoms with van der Waals surface area (Å²) in [5.74, 6) is 1.03. The largest absolute Gasteiger partial charge is 0.484 e. The number of halogens is 1. The zero-order valence-electron chi connectivity index (χ0n) is 15.1. The molecule has 0 N–H and O–H groups in total. The fourth-order valence-corrected chi connectivity index (χ4v) is 3.39. The van der Waals surface area contributed by atoms with E-state index in [4.69, 9.17) is 20.8 Å². The summed E-state index contributed by atoms with van der Waals surface area (Å²) in [6, 6.07) is 15.0. The van der Waals surface area contributed by atoms with E-state index in [1.54, 1.807) is 12.1 Å². The summed E-state index contributed by atoms with van der Waals surface area (Å²) in [4.78, 5) is 16.5. The first-order valence-electron chi connectivity index (χ1n) is 8.97. The summed E-state index contributed by atoms with van der Waals surface area (Å²) >= 11 is 6.26. The second kappa shape index (κ2) is 8.31. The Balaban J connectivity index is 1.27. The Hall–Kier alpha value is -3.06. The molecule has 2 heterocycles. The van der Waals surface area contributed by atoms with Crippen LogP contribution in [-0.2, 0) is 4.79 Å². The number of piperazine rings is 1. The van der Waals surface area contributed by atoms with Crippen LogP contribution in [0.15, 0.2) is 59.3 Å². The van der Waals surface area contributed by atoms with Gasteiger partial charge < -0.3 is 19.0 Å². The highest BCUT2D eigenvalue weighted by molar-refractivity contribution is 6.33. The molecule has 3 aromatic rings. The maximum absolute atomic E-state index is 12.5. The van der Waals surface area contributed by atoms with Gasteiger partial charge in [0, 0.05) is 31.7 Å². The van der Waals surface area contributed by atoms with Crippen LogP contribution >= 0.6 is 11.6 Å². The molecule has 1 saturated heterocycles. The average Bonchev–Trinajstić information content (AvgIpc) is 3.28. The molecule has 2 aromatic carbocycles. The standard InChI is InChI=1S/C20H19ClN4O3/c21-17-3-1-2-4-18(17)24-9-11-25(12-10-24)19(26)13-27-16-7-5-15(6-8-16)20-23-22-14-28-20/h1-8,14H,9-13H2. The van der Waals surface area contributed by atoms with Crippen molar-refractivity contribution in [1.29, 1.82) is 0 Å². The Morgan fingerprint density at radius 2 is 1.82 bits per heavy atom. The molecular formula is C20H19ClN4O3. The third-order valence-electron chi connectivity index (χ3n) is 4.65. The zero-order chi connectivity index (χ0) is 19.3. The monoisotopic (exact) mass is 398 g/mol. The Morgan fingerprint density at radius 3 is 2.50 bits per heavy atom. The van der Waals surface area contributed by atoms with E-state index in [2.05, 4.69) is 15.1 Å². The van der Waals surface area contributed by atoms with Crippen molar-refractivity contribution in [2.45, 2.75) is 0 Å². The van der Waals surface area contributed by atoms with E-state index < -0.39 is 0 Å². The topological polar surface area (TPSA) is 71.7 Å². The molecule has 4 rings (SSSR count). The number of carbonyl (C=O) groups excluding carboxylic acids is 1. The van der Waals surface area contributed by atoms with Crippen LogP contribution in [0, 0.1) is 0 Å². The number of ether oxygens (including phenoxy) is 1. The van der Waals surface area contributed by atoms with E-state index in [-0.39, 0.29) is 12.5 Å². The SMILES string of the molecule is O=C(COc1ccc(-c2nnco2)cc1)N1CCN(c2ccccc2Cl)CC1. The molecule has 0 bridgehead atoms. The summed E-state index contributed by atoms with van der Waals surface area (Å²) in [6.45, 7) is 2.78. The minimum Gasteiger partial charge on any atom is -0.484 e. The molecule has 0 aliphatic carbocycles. The van der Waals surface area contributed by atoms with Crippen molar-refractivity contribution in [3.8, 4) is 17.2 Å². The summed E-state index contributed by atoms with van der Waals surface area (Å²) in [6.07, 6.45) is 1.28. The molecular weight excluding hydrogens is 380 g/mol. The minimum absolute atomic E-state index is 0.00595. The van der Waals surface area contributed by atoms with Gasteiger partial charge in [-0.2, -0.15) is 0 Å². The van der Waals surface area contributed by atoms with Crippen molar-refractivity contribution < 1.29 is 13.9 Å². The Labute approximate surface area is 167 Å². The van der Waals surface area contributed by atoms with Crippen LogP contribution in [0.4, 0.5) is 5.69 Å². The summed E-state index contributed by atoms with van der Waals surface area (Å²) in [5, 5.41) is 8.24. The number of hydrogen-bond acceptors (Lipinski definition) is 6. The molecule has 1 fully saturated rings. The number of nitrogens with zero attached hydrogens (tertiary/aromatic N) is 4. The van der Waals surface area contributed by atoms with Gasteiger partial charge in [0.05, 0.1) is 10.7 Å². The number of carbonyl (C=O) groups is 1. The molecule has 8 heteroatoms. The Morgan fingerprint density at radius 1 is 1.07 bits per heavy atom. The van der Waals surface area contributed by atoms with Crippen LogP contribution in [0.2, 0.25) is 5.02 Å². The number of aromatic nitrogens is 2. The van der Waals surface area contributed by atoms with E-state index in [0.717, 1.165) is 29.4 Å². The average molecular weight is 399 g/mol. The van der Waals surface area contributed by atoms with Gasteiger partial charge in [0.25, 0.3) is 5.91 Å². The van der Waals surface area contributed by atoms with Crippen molar-refractivity contribution in [3.63, 3.8) is 0 Å². The van der Waals surface area contributed by atoms with Gasteiger partial charge in [-0.25, -0.2) is 0 Å². The molecule has 0 radical (unpaired) electrons. The predicted octanol–water partition coefficient (Wildman–Crippen LogP) is 3.12. The van der Waals surface area contributed by atoms with Crippen LogP contribution < -0.4 is 9.64 Å². The molecule has 0 unspecified atom stereocenters. The van der Waals surface area contributed by atoms with Crippen molar-refractivity contribution in [3.05, 3.63) is 59.9 Å². The quantitative estimate of drug-likeness (QED) is 0.657. The van der Waals surface area contributed by atoms with Crippen LogP contribution in [0.3, 0.4) is 0 Å². The molecule has 1 amide bonds. The van der Waals surface area contributed by atoms with E-state index in [9.17, 15) is 4.79 Å². The lowest BCUT2D eigenvalue weighted by molar-refractivity contribution is -0.133. The van der Waals surface area contributed by atoms with Crippen LogP contribution in [0.1, 0.15) is 0 Å². The molecule has 28 heavy (non-hydrogen) atoms. The van der Waals surface area contributed by atoms with Crippen LogP contribution in [-0.4, -0.2) is 53.8 Å². The van der Waals surface area contributed by atoms with Crippen LogP contribution in [0.25, 0.3) is 11.5 Å². The highest BCUT2D eigenvalue weighted by Crippen LogP contribution is 2.26. The van der Waals surface area contributed by atoms with Gasteiger partial charge in [-0.15, -0.1) is 10.2 Å². The third kappa shape index (κ3) is 4.09. The first kappa shape index (κ1) is 18.3. The second-order valence-corrected chi connectivity index (χ2v) is 6.78. The van der Waals surface area contributed by atoms with E-state index in [1.807, 2.05) is 41.3 Å². The highest BCUT2D eigenvalue weighted by Gasteiger charge is 2.22. The first-order chi connectivity index (χ1) is 13.7. The van der Waals surface area contributed by atoms with Gasteiger partial charge in [-0.05, 0) is 36.4 Å². The Bertz CT molecular complexity index is 923. The molecule has 1 aliphatic rings. The maximum atomic E-state index is 12.5. The fourth-order valence-electron chi connectivity index (χ4n) is 3.13. The summed E-state index contributed by atoms with van der Waals surface area (Å²) < 4.78 is 10.8. The minimum atomic E-state index is -0.0280. The van der Waals surface area contributed by atoms with Crippen molar-refractivity contribution >= 4 is 23.2 Å². The normalized spacial score (nSPS) is 14.2. The molecule has 0 saturated carbocycles. The number of amides is 1. The van der Waals surface area contributed by atoms with Gasteiger partial charge in [0.15, 0.2) is 6.61 Å². The third-order valence-corrected chi connectivity index (χ3v) is 4.97. The molecule has 1 aliphatic heterocycles. The zero-order valence-corrected chi connectivity index (χ0v) is 15.9. The predicted molar refractivity (Wildman–Crippen MR) is 105 cm³/mol. The number of benzene rings is 2. The smallest absolute Gasteiger partial charge is 0.260 e. The van der Waals surface area contributed by atoms with Gasteiger partial charge in [0.1, 0.15) is 5.75 Å². The highest BCUT2D eigenvalue weighted by atomic mass is 35.5. The molecule has 0 spiro atoms. The van der Waals surface area contributed by atoms with Gasteiger partial charge >= 0.3 is 0 Å². The molecule has 7 nitrogen and oxygen atoms in total. The van der Waals surface area contributed by atoms with Crippen molar-refractivity contribution in [2.75, 3.05) is 37.7 Å². The molecule has 1 aromatic heterocycles. The molecule has 144 valence electrons. The molecule has 0 atom stereocenters. The van der Waals surface area contributed by atoms with Crippen molar-refractivity contribution in [2.24, 2.45) is 0 Å². The summed E-state index contributed by atoms with van der Waals surface area (Å²) in [7, 11) is 0. The number of hydrogen-bond donors (Lipinski definition) is 0. The van der Waals surface area contributed by atoms with Gasteiger partial charge in [-0.3, -0.25) is 4.79 Å². The number of anilines is 1. The number of rotatable bonds is 5. The lowest BCUT2D eigenvalue weighted by Gasteiger charge is -2.36. The summed E-state index contributed by atoms with van der Waals surface area (Å²) in [5.41, 5.74) is 1.81. The van der Waals surface area contributed by atoms with Crippen molar-refractivity contribution in [1.82, 2.24) is 15.1 Å². The van der Waals surface area contributed by atoms with E-state index in [1.165, 1.54) is 6.39 Å². The van der Waals surface area contributed by atoms with E-state index in [0.29, 0.717) is 24.7 Å². The van der Waals surface area contributed by atoms with Gasteiger partial charge in [-0.1, -0.05) is 23.7 Å². The lowest BCUT2D eigenvalue weighted by atomic mass is 10.2. The van der Waals surface area contributed by atoms with Gasteiger partial charge in [0.2, 0.25) is 12.3 Å². The fraction of sp³-hybridized carbons (Fsp3) is 0.250. The maximum Gasteiger partial charge on any atom is 0.260 e. The first-order valence-corrected chi connectivity index (χ1v) is 9.35. The second-order valence-electron chi connectivity index (χ2n) is 6.38. The number of para-hydroxylation sites is 1. The Kier molecular flexibility index (Phi) is 5.43. The lowest BCUT2D eigenvalue weighted by Crippen LogP contribution is -2.50.